The number of nitrogens with two attached hydrogens (primary N) is 1. The lowest BCUT2D eigenvalue weighted by Crippen LogP contribution is -2.60. The molecule has 1 aromatic heterocycles. The number of phenols is 1. The van der Waals surface area contributed by atoms with Crippen LogP contribution in [0.15, 0.2) is 120 Å². The number of H-pyrrole nitrogens is 1. The molecule has 9 aliphatic rings. The number of fused-ring (bicyclic) bond motifs is 8. The van der Waals surface area contributed by atoms with E-state index in [0.29, 0.717) is 81.2 Å². The third-order valence-electron chi connectivity index (χ3n) is 23.2. The molecule has 87 heavy (non-hydrogen) atoms. The summed E-state index contributed by atoms with van der Waals surface area (Å²) in [6.45, 7) is 2.45. The highest BCUT2D eigenvalue weighted by Gasteiger charge is 2.63. The minimum Gasteiger partial charge on any atom is -0.504 e. The Morgan fingerprint density at radius 2 is 1.63 bits per heavy atom. The van der Waals surface area contributed by atoms with Crippen LogP contribution in [0.1, 0.15) is 136 Å². The van der Waals surface area contributed by atoms with E-state index in [1.807, 2.05) is 24.4 Å². The van der Waals surface area contributed by atoms with E-state index in [4.69, 9.17) is 15.2 Å². The first-order chi connectivity index (χ1) is 42.4. The fourth-order valence-electron chi connectivity index (χ4n) is 19.3. The van der Waals surface area contributed by atoms with Crippen molar-refractivity contribution in [2.24, 2.45) is 69.8 Å². The number of allylic oxidation sites excluding steroid dienone is 3. The number of aliphatic hydroxyl groups excluding tert-OH is 6. The highest BCUT2D eigenvalue weighted by molar-refractivity contribution is 8.76. The molecule has 2 spiro atoms. The summed E-state index contributed by atoms with van der Waals surface area (Å²) in [5, 5.41) is 88.2. The second kappa shape index (κ2) is 26.3. The predicted molar refractivity (Wildman–Crippen MR) is 344 cm³/mol. The Morgan fingerprint density at radius 3 is 2.41 bits per heavy atom. The van der Waals surface area contributed by atoms with E-state index in [9.17, 15) is 35.7 Å². The van der Waals surface area contributed by atoms with Gasteiger partial charge < -0.3 is 61.3 Å². The number of benzene rings is 3. The topological polar surface area (TPSA) is 214 Å². The lowest BCUT2D eigenvalue weighted by atomic mass is 9.42. The molecular formula is C73H93N3O9S2. The molecule has 13 rings (SSSR count). The van der Waals surface area contributed by atoms with Gasteiger partial charge in [-0.05, 0) is 195 Å². The fraction of sp³-hybridized carbons (Fsp3) is 0.589. The van der Waals surface area contributed by atoms with Gasteiger partial charge in [0.05, 0.1) is 43.7 Å². The molecule has 0 unspecified atom stereocenters. The van der Waals surface area contributed by atoms with E-state index in [-0.39, 0.29) is 78.2 Å². The molecular weight excluding hydrogens is 1130 g/mol. The van der Waals surface area contributed by atoms with Gasteiger partial charge in [-0.3, -0.25) is 0 Å². The monoisotopic (exact) mass is 1220 g/mol. The van der Waals surface area contributed by atoms with Crippen molar-refractivity contribution < 1.29 is 45.2 Å². The van der Waals surface area contributed by atoms with Gasteiger partial charge in [0.25, 0.3) is 0 Å². The summed E-state index contributed by atoms with van der Waals surface area (Å²) in [6.07, 6.45) is 15.3. The van der Waals surface area contributed by atoms with Crippen molar-refractivity contribution in [2.45, 2.75) is 165 Å². The first-order valence-electron chi connectivity index (χ1n) is 33.1. The fourth-order valence-corrected chi connectivity index (χ4v) is 21.8. The second-order valence-corrected chi connectivity index (χ2v) is 30.3. The Hall–Kier alpha value is -4.66. The molecule has 0 amide bonds. The first kappa shape index (κ1) is 61.2. The Morgan fingerprint density at radius 1 is 0.816 bits per heavy atom. The van der Waals surface area contributed by atoms with Gasteiger partial charge in [-0.15, -0.1) is 0 Å². The van der Waals surface area contributed by atoms with Gasteiger partial charge in [0, 0.05) is 77.1 Å². The van der Waals surface area contributed by atoms with Gasteiger partial charge in [0.1, 0.15) is 11.9 Å². The normalized spacial score (nSPS) is 36.6. The number of aromatic hydroxyl groups is 1. The molecule has 4 fully saturated rings. The highest BCUT2D eigenvalue weighted by Crippen LogP contribution is 2.67. The SMILES string of the molecule is CC[C@@H]1Cc2cc(O)c(O[C@H]3C[C@@H](Cc4ccc[nH]4)C4=CCNC(N)=C4CSSC[C@H](CO)[C@@H]3O)cc2[C@H]2C[C@@H](O)[C@H]3[C@@H](OCCO)CC[C@@H](O)C[C@]4(C#C[C@H]3C=C12)C[C@H](c1ccccc1)[C@H]1Cc2ccccc2CC2(CCCC2)[C@H]2CC[C@H](O)[C@@H]4[C@H]12. The Bertz CT molecular complexity index is 3210. The number of rotatable bonds is 10. The predicted octanol–water partition coefficient (Wildman–Crippen LogP) is 10.4. The second-order valence-electron chi connectivity index (χ2n) is 27.8. The van der Waals surface area contributed by atoms with Crippen LogP contribution in [0.2, 0.25) is 0 Å². The Labute approximate surface area is 523 Å². The van der Waals surface area contributed by atoms with Crippen LogP contribution in [0.3, 0.4) is 0 Å². The summed E-state index contributed by atoms with van der Waals surface area (Å²) >= 11 is 0. The maximum Gasteiger partial charge on any atom is 0.161 e. The molecule has 1 saturated heterocycles. The average Bonchev–Trinajstić information content (AvgIpc) is 1.41. The van der Waals surface area contributed by atoms with Crippen molar-refractivity contribution in [3.63, 3.8) is 0 Å². The number of nitrogens with one attached hydrogen (secondary N) is 2. The van der Waals surface area contributed by atoms with Crippen molar-refractivity contribution in [3.8, 4) is 23.3 Å². The molecule has 3 saturated carbocycles. The molecule has 18 atom stereocenters. The van der Waals surface area contributed by atoms with Crippen molar-refractivity contribution in [1.29, 1.82) is 0 Å². The molecule has 0 radical (unpaired) electrons. The van der Waals surface area contributed by atoms with Crippen LogP contribution in [-0.2, 0) is 30.4 Å². The van der Waals surface area contributed by atoms with E-state index in [1.54, 1.807) is 21.6 Å². The number of aromatic nitrogens is 1. The summed E-state index contributed by atoms with van der Waals surface area (Å²) in [5.74, 6) is 9.19. The number of ether oxygens (including phenoxy) is 2. The minimum atomic E-state index is -1.08. The van der Waals surface area contributed by atoms with E-state index in [0.717, 1.165) is 60.1 Å². The van der Waals surface area contributed by atoms with Crippen molar-refractivity contribution in [2.75, 3.05) is 37.9 Å². The zero-order chi connectivity index (χ0) is 60.0. The number of hydrogen-bond acceptors (Lipinski definition) is 13. The van der Waals surface area contributed by atoms with E-state index in [1.165, 1.54) is 47.9 Å². The third-order valence-corrected chi connectivity index (χ3v) is 25.6. The zero-order valence-corrected chi connectivity index (χ0v) is 52.3. The molecule has 466 valence electrons. The van der Waals surface area contributed by atoms with Crippen molar-refractivity contribution in [3.05, 3.63) is 153 Å². The van der Waals surface area contributed by atoms with E-state index >= 15 is 0 Å². The minimum absolute atomic E-state index is 0.0200. The maximum absolute atomic E-state index is 13.3. The zero-order valence-electron chi connectivity index (χ0n) is 50.7. The summed E-state index contributed by atoms with van der Waals surface area (Å²) in [6, 6.07) is 28.1. The van der Waals surface area contributed by atoms with E-state index < -0.39 is 59.8 Å². The summed E-state index contributed by atoms with van der Waals surface area (Å²) in [4.78, 5) is 3.40. The number of dihydropyridines is 1. The van der Waals surface area contributed by atoms with Crippen LogP contribution in [-0.4, -0.2) is 115 Å². The van der Waals surface area contributed by atoms with Crippen molar-refractivity contribution in [1.82, 2.24) is 10.3 Å². The molecule has 12 nitrogen and oxygen atoms in total. The van der Waals surface area contributed by atoms with Crippen LogP contribution in [0, 0.1) is 75.9 Å². The smallest absolute Gasteiger partial charge is 0.161 e. The quantitative estimate of drug-likeness (QED) is 0.0407. The van der Waals surface area contributed by atoms with E-state index in [2.05, 4.69) is 102 Å². The van der Waals surface area contributed by atoms with Crippen molar-refractivity contribution >= 4 is 21.6 Å². The molecule has 4 aromatic rings. The standard InChI is InChI=1S/C73H93N3O9S2/c1-2-43-29-48-33-62(81)65(85-66-34-49(30-51-15-10-25-75-51)53-21-26-76-71(74)59(53)42-87-86-41-50(40-78)70(66)83)36-55(48)56-35-63(82)67-46(32-54(43)56)20-24-73(38-52(79)16-19-64(67)84-28-27-77)39-58(44-11-4-3-5-12-44)57-31-45-13-6-7-14-47(45)37-72(22-8-9-23-72)60-17-18-61(80)69(73)68(57)60/h3-7,10-15,21,25,32-33,36,43,46,49-50,52,56-58,60-61,63-64,66-70,75-83H,2,8-9,16-19,22-23,26-31,34-35,37-42,74H2,1H3/t43-,46+,49-,50+,52-,56+,57-,58-,60+,61+,63-,64+,66+,67+,68-,69-,70+,73-/m1/s1. The highest BCUT2D eigenvalue weighted by atomic mass is 33.1. The average molecular weight is 1220 g/mol. The lowest BCUT2D eigenvalue weighted by molar-refractivity contribution is -0.147. The molecule has 14 heteroatoms. The summed E-state index contributed by atoms with van der Waals surface area (Å²) in [5.41, 5.74) is 16.7. The van der Waals surface area contributed by atoms with Gasteiger partial charge in [0.15, 0.2) is 11.5 Å². The third kappa shape index (κ3) is 12.0. The number of aromatic amines is 1. The molecule has 3 heterocycles. The van der Waals surface area contributed by atoms with Gasteiger partial charge in [0.2, 0.25) is 0 Å². The van der Waals surface area contributed by atoms with Crippen LogP contribution in [0.25, 0.3) is 0 Å². The van der Waals surface area contributed by atoms with Gasteiger partial charge >= 0.3 is 0 Å². The Kier molecular flexibility index (Phi) is 18.5. The lowest BCUT2D eigenvalue weighted by Gasteiger charge is -2.62. The van der Waals surface area contributed by atoms with Gasteiger partial charge in [-0.2, -0.15) is 0 Å². The van der Waals surface area contributed by atoms with Crippen LogP contribution < -0.4 is 15.8 Å². The van der Waals surface area contributed by atoms with Gasteiger partial charge in [-0.25, -0.2) is 0 Å². The number of aliphatic hydroxyl groups is 6. The molecule has 3 aromatic carbocycles. The summed E-state index contributed by atoms with van der Waals surface area (Å²) < 4.78 is 13.7. The van der Waals surface area contributed by atoms with Crippen LogP contribution >= 0.6 is 21.6 Å². The number of hydrogen-bond donors (Lipinski definition) is 10. The Balaban J connectivity index is 0.917. The van der Waals surface area contributed by atoms with Crippen LogP contribution in [0.5, 0.6) is 11.5 Å². The molecule has 2 aliphatic heterocycles. The molecule has 11 N–H and O–H groups in total. The summed E-state index contributed by atoms with van der Waals surface area (Å²) in [7, 11) is 3.26. The first-order valence-corrected chi connectivity index (χ1v) is 35.6. The largest absolute Gasteiger partial charge is 0.504 e. The number of phenolic OH excluding ortho intramolecular Hbond substituents is 1. The molecule has 7 aliphatic carbocycles. The van der Waals surface area contributed by atoms with Gasteiger partial charge in [-0.1, -0.05) is 126 Å². The maximum atomic E-state index is 13.3. The molecule has 0 bridgehead atoms. The van der Waals surface area contributed by atoms with Crippen LogP contribution in [0.4, 0.5) is 0 Å².